The average molecular weight is 554 g/mol. The lowest BCUT2D eigenvalue weighted by Crippen LogP contribution is -2.50. The topological polar surface area (TPSA) is 80.5 Å². The normalized spacial score (nSPS) is 27.2. The van der Waals surface area contributed by atoms with Gasteiger partial charge in [-0.1, -0.05) is 64.5 Å². The maximum Gasteiger partial charge on any atom is 0.270 e. The van der Waals surface area contributed by atoms with Crippen LogP contribution in [-0.4, -0.2) is 16.7 Å². The van der Waals surface area contributed by atoms with E-state index >= 15 is 0 Å². The number of hydrogen-bond donors (Lipinski definition) is 0. The second kappa shape index (κ2) is 6.59. The largest absolute Gasteiger partial charge is 0.274 e. The summed E-state index contributed by atoms with van der Waals surface area (Å²) in [4.78, 5) is 39.5. The lowest BCUT2D eigenvalue weighted by Gasteiger charge is -2.51. The Kier molecular flexibility index (Phi) is 4.08. The second-order valence-corrected chi connectivity index (χ2v) is 10.4. The second-order valence-electron chi connectivity index (χ2n) is 8.27. The van der Waals surface area contributed by atoms with Crippen molar-refractivity contribution in [3.8, 4) is 0 Å². The van der Waals surface area contributed by atoms with Gasteiger partial charge in [-0.15, -0.1) is 0 Å². The summed E-state index contributed by atoms with van der Waals surface area (Å²) in [5.74, 6) is -2.00. The number of non-ortho nitro benzene ring substituents is 1. The van der Waals surface area contributed by atoms with E-state index in [2.05, 4.69) is 31.9 Å². The van der Waals surface area contributed by atoms with Gasteiger partial charge >= 0.3 is 0 Å². The van der Waals surface area contributed by atoms with Gasteiger partial charge in [0.2, 0.25) is 11.8 Å². The van der Waals surface area contributed by atoms with Crippen molar-refractivity contribution in [3.63, 3.8) is 0 Å². The predicted octanol–water partition coefficient (Wildman–Crippen LogP) is 5.26. The number of amides is 2. The van der Waals surface area contributed by atoms with Gasteiger partial charge in [0, 0.05) is 22.5 Å². The van der Waals surface area contributed by atoms with Crippen LogP contribution in [0.2, 0.25) is 0 Å². The highest BCUT2D eigenvalue weighted by Gasteiger charge is 2.67. The Morgan fingerprint density at radius 1 is 0.906 bits per heavy atom. The third-order valence-corrected chi connectivity index (χ3v) is 8.88. The minimum Gasteiger partial charge on any atom is -0.274 e. The summed E-state index contributed by atoms with van der Waals surface area (Å²) in [7, 11) is 0. The summed E-state index contributed by atoms with van der Waals surface area (Å²) in [6.07, 6.45) is 0. The summed E-state index contributed by atoms with van der Waals surface area (Å²) in [5, 5.41) is 11.1. The van der Waals surface area contributed by atoms with Crippen molar-refractivity contribution in [3.05, 3.63) is 104 Å². The highest BCUT2D eigenvalue weighted by molar-refractivity contribution is 9.10. The van der Waals surface area contributed by atoms with Crippen molar-refractivity contribution >= 4 is 55.0 Å². The van der Waals surface area contributed by atoms with Gasteiger partial charge in [-0.05, 0) is 44.3 Å². The highest BCUT2D eigenvalue weighted by atomic mass is 79.9. The Hall–Kier alpha value is -2.84. The number of alkyl halides is 1. The van der Waals surface area contributed by atoms with Crippen LogP contribution in [0.25, 0.3) is 0 Å². The molecular formula is C24H14Br2N2O4. The molecule has 0 unspecified atom stereocenters. The standard InChI is InChI=1S/C24H14Br2N2O4/c25-17-11-12(28(31)32)9-10-18(17)27-22(29)20-19-13-5-1-3-7-15(13)24(26,21(20)23(27)30)16-8-4-2-6-14(16)19/h1-11,19-21H/t19?,20-,21+,24?/m1/s1. The van der Waals surface area contributed by atoms with Gasteiger partial charge in [0.05, 0.1) is 26.8 Å². The molecule has 3 aromatic rings. The van der Waals surface area contributed by atoms with Crippen molar-refractivity contribution in [2.24, 2.45) is 11.8 Å². The lowest BCUT2D eigenvalue weighted by molar-refractivity contribution is -0.384. The van der Waals surface area contributed by atoms with Crippen LogP contribution in [0.15, 0.2) is 71.2 Å². The number of nitro groups is 1. The molecule has 158 valence electrons. The summed E-state index contributed by atoms with van der Waals surface area (Å²) in [6.45, 7) is 0. The Balaban J connectivity index is 1.57. The third kappa shape index (κ3) is 2.29. The smallest absolute Gasteiger partial charge is 0.270 e. The summed E-state index contributed by atoms with van der Waals surface area (Å²) < 4.78 is -0.494. The van der Waals surface area contributed by atoms with Gasteiger partial charge in [0.25, 0.3) is 5.69 Å². The number of anilines is 1. The van der Waals surface area contributed by atoms with E-state index in [1.54, 1.807) is 0 Å². The molecule has 0 spiro atoms. The zero-order valence-corrected chi connectivity index (χ0v) is 19.5. The van der Waals surface area contributed by atoms with Crippen molar-refractivity contribution in [2.75, 3.05) is 4.90 Å². The minimum absolute atomic E-state index is 0.117. The van der Waals surface area contributed by atoms with Gasteiger partial charge in [0.1, 0.15) is 0 Å². The van der Waals surface area contributed by atoms with Crippen LogP contribution in [0.4, 0.5) is 11.4 Å². The molecule has 3 aromatic carbocycles. The molecule has 0 N–H and O–H groups in total. The minimum atomic E-state index is -0.825. The van der Waals surface area contributed by atoms with Gasteiger partial charge in [0.15, 0.2) is 0 Å². The van der Waals surface area contributed by atoms with Crippen LogP contribution >= 0.6 is 31.9 Å². The molecule has 2 amide bonds. The fourth-order valence-corrected chi connectivity index (χ4v) is 7.45. The van der Waals surface area contributed by atoms with E-state index in [0.29, 0.717) is 10.2 Å². The maximum atomic E-state index is 13.9. The molecule has 0 radical (unpaired) electrons. The number of halogens is 2. The van der Waals surface area contributed by atoms with Crippen molar-refractivity contribution < 1.29 is 14.5 Å². The van der Waals surface area contributed by atoms with Crippen molar-refractivity contribution in [2.45, 2.75) is 10.2 Å². The number of nitrogens with zero attached hydrogens (tertiary/aromatic N) is 2. The van der Waals surface area contributed by atoms with Gasteiger partial charge in [-0.25, -0.2) is 4.90 Å². The Morgan fingerprint density at radius 2 is 1.50 bits per heavy atom. The van der Waals surface area contributed by atoms with E-state index in [-0.39, 0.29) is 23.4 Å². The van der Waals surface area contributed by atoms with Crippen molar-refractivity contribution in [1.29, 1.82) is 0 Å². The molecule has 7 rings (SSSR count). The fraction of sp³-hybridized carbons (Fsp3) is 0.167. The first-order chi connectivity index (χ1) is 15.4. The molecule has 6 nitrogen and oxygen atoms in total. The van der Waals surface area contributed by atoms with Crippen LogP contribution in [0.5, 0.6) is 0 Å². The van der Waals surface area contributed by atoms with E-state index in [9.17, 15) is 19.7 Å². The maximum absolute atomic E-state index is 13.9. The number of carbonyl (C=O) groups is 2. The van der Waals surface area contributed by atoms with Gasteiger partial charge in [-0.2, -0.15) is 0 Å². The summed E-state index contributed by atoms with van der Waals surface area (Å²) >= 11 is 7.29. The van der Waals surface area contributed by atoms with Crippen LogP contribution < -0.4 is 4.90 Å². The number of nitro benzene ring substituents is 1. The molecule has 0 aromatic heterocycles. The molecule has 3 aliphatic carbocycles. The molecule has 0 saturated carbocycles. The molecule has 8 heteroatoms. The quantitative estimate of drug-likeness (QED) is 0.188. The number of benzene rings is 3. The number of carbonyl (C=O) groups excluding carboxylic acids is 2. The third-order valence-electron chi connectivity index (χ3n) is 6.90. The van der Waals surface area contributed by atoms with Gasteiger partial charge in [-0.3, -0.25) is 19.7 Å². The Morgan fingerprint density at radius 3 is 2.06 bits per heavy atom. The molecular weight excluding hydrogens is 540 g/mol. The van der Waals surface area contributed by atoms with Crippen LogP contribution in [0, 0.1) is 22.0 Å². The zero-order valence-electron chi connectivity index (χ0n) is 16.4. The van der Waals surface area contributed by atoms with Crippen LogP contribution in [0.1, 0.15) is 28.2 Å². The first-order valence-electron chi connectivity index (χ1n) is 10.0. The number of imide groups is 1. The molecule has 1 fully saturated rings. The molecule has 2 atom stereocenters. The molecule has 1 aliphatic heterocycles. The average Bonchev–Trinajstić information content (AvgIpc) is 3.06. The van der Waals surface area contributed by atoms with E-state index in [1.165, 1.54) is 23.1 Å². The first kappa shape index (κ1) is 19.8. The fourth-order valence-electron chi connectivity index (χ4n) is 5.71. The summed E-state index contributed by atoms with van der Waals surface area (Å²) in [6, 6.07) is 20.0. The zero-order chi connectivity index (χ0) is 22.4. The number of hydrogen-bond acceptors (Lipinski definition) is 4. The molecule has 2 bridgehead atoms. The van der Waals surface area contributed by atoms with Crippen LogP contribution in [-0.2, 0) is 13.9 Å². The number of rotatable bonds is 2. The van der Waals surface area contributed by atoms with E-state index < -0.39 is 21.1 Å². The Bertz CT molecular complexity index is 1320. The van der Waals surface area contributed by atoms with Gasteiger partial charge < -0.3 is 0 Å². The highest BCUT2D eigenvalue weighted by Crippen LogP contribution is 2.66. The molecule has 1 saturated heterocycles. The molecule has 32 heavy (non-hydrogen) atoms. The van der Waals surface area contributed by atoms with E-state index in [4.69, 9.17) is 0 Å². The van der Waals surface area contributed by atoms with Crippen molar-refractivity contribution in [1.82, 2.24) is 0 Å². The Labute approximate surface area is 199 Å². The van der Waals surface area contributed by atoms with E-state index in [0.717, 1.165) is 22.3 Å². The predicted molar refractivity (Wildman–Crippen MR) is 125 cm³/mol. The molecule has 4 aliphatic rings. The van der Waals surface area contributed by atoms with E-state index in [1.807, 2.05) is 48.5 Å². The first-order valence-corrected chi connectivity index (χ1v) is 11.6. The monoisotopic (exact) mass is 552 g/mol. The summed E-state index contributed by atoms with van der Waals surface area (Å²) in [5.41, 5.74) is 4.33. The lowest BCUT2D eigenvalue weighted by atomic mass is 9.55. The SMILES string of the molecule is O=C1[C@@H]2C3c4ccccc4C(Br)(c4ccccc43)[C@@H]2C(=O)N1c1ccc([N+](=O)[O-])cc1Br. The van der Waals surface area contributed by atoms with Crippen LogP contribution in [0.3, 0.4) is 0 Å². The molecule has 1 heterocycles.